The van der Waals surface area contributed by atoms with Crippen molar-refractivity contribution in [2.24, 2.45) is 0 Å². The second-order valence-electron chi connectivity index (χ2n) is 3.53. The van der Waals surface area contributed by atoms with E-state index in [-0.39, 0.29) is 0 Å². The standard InChI is InChI=1S/C13H14O5/c1-9(13(16)17-2)18-11-5-3-4-10(8-11)6-7-12(14)15/h3-9H,1-2H3,(H,14,15)/b7-6+. The number of carboxylic acids is 1. The van der Waals surface area contributed by atoms with Gasteiger partial charge in [0.05, 0.1) is 7.11 Å². The maximum absolute atomic E-state index is 11.2. The molecule has 1 unspecified atom stereocenters. The molecular formula is C13H14O5. The topological polar surface area (TPSA) is 72.8 Å². The van der Waals surface area contributed by atoms with Gasteiger partial charge in [0.25, 0.3) is 0 Å². The van der Waals surface area contributed by atoms with E-state index in [1.54, 1.807) is 31.2 Å². The van der Waals surface area contributed by atoms with Crippen molar-refractivity contribution in [2.45, 2.75) is 13.0 Å². The molecule has 0 saturated heterocycles. The molecule has 0 aliphatic rings. The first-order chi connectivity index (χ1) is 8.52. The number of hydrogen-bond donors (Lipinski definition) is 1. The molecule has 1 atom stereocenters. The van der Waals surface area contributed by atoms with Crippen molar-refractivity contribution in [1.29, 1.82) is 0 Å². The van der Waals surface area contributed by atoms with E-state index in [0.717, 1.165) is 6.08 Å². The van der Waals surface area contributed by atoms with Crippen molar-refractivity contribution >= 4 is 18.0 Å². The van der Waals surface area contributed by atoms with E-state index in [4.69, 9.17) is 9.84 Å². The van der Waals surface area contributed by atoms with Crippen molar-refractivity contribution in [3.63, 3.8) is 0 Å². The van der Waals surface area contributed by atoms with Crippen LogP contribution in [0.1, 0.15) is 12.5 Å². The Kier molecular flexibility index (Phi) is 4.92. The number of rotatable bonds is 5. The highest BCUT2D eigenvalue weighted by Gasteiger charge is 2.14. The molecule has 0 amide bonds. The monoisotopic (exact) mass is 250 g/mol. The minimum atomic E-state index is -1.02. The number of esters is 1. The number of hydrogen-bond acceptors (Lipinski definition) is 4. The van der Waals surface area contributed by atoms with Crippen LogP contribution in [-0.4, -0.2) is 30.3 Å². The predicted octanol–water partition coefficient (Wildman–Crippen LogP) is 1.72. The normalized spacial score (nSPS) is 12.1. The lowest BCUT2D eigenvalue weighted by atomic mass is 10.2. The summed E-state index contributed by atoms with van der Waals surface area (Å²) in [6.45, 7) is 1.57. The van der Waals surface area contributed by atoms with Gasteiger partial charge in [-0.2, -0.15) is 0 Å². The predicted molar refractivity (Wildman–Crippen MR) is 65.2 cm³/mol. The number of benzene rings is 1. The molecule has 0 aliphatic heterocycles. The average molecular weight is 250 g/mol. The number of carbonyl (C=O) groups excluding carboxylic acids is 1. The molecule has 0 spiro atoms. The zero-order valence-corrected chi connectivity index (χ0v) is 10.1. The summed E-state index contributed by atoms with van der Waals surface area (Å²) >= 11 is 0. The van der Waals surface area contributed by atoms with Crippen LogP contribution in [0.2, 0.25) is 0 Å². The fourth-order valence-electron chi connectivity index (χ4n) is 1.28. The van der Waals surface area contributed by atoms with Crippen molar-refractivity contribution in [3.05, 3.63) is 35.9 Å². The Bertz CT molecular complexity index is 464. The summed E-state index contributed by atoms with van der Waals surface area (Å²) in [6, 6.07) is 6.76. The number of methoxy groups -OCH3 is 1. The zero-order chi connectivity index (χ0) is 13.5. The lowest BCUT2D eigenvalue weighted by Gasteiger charge is -2.12. The highest BCUT2D eigenvalue weighted by atomic mass is 16.6. The Morgan fingerprint density at radius 1 is 1.39 bits per heavy atom. The molecule has 0 heterocycles. The van der Waals surface area contributed by atoms with Gasteiger partial charge in [0, 0.05) is 6.08 Å². The maximum Gasteiger partial charge on any atom is 0.346 e. The van der Waals surface area contributed by atoms with Crippen LogP contribution >= 0.6 is 0 Å². The van der Waals surface area contributed by atoms with Gasteiger partial charge >= 0.3 is 11.9 Å². The summed E-state index contributed by atoms with van der Waals surface area (Å²) in [5.41, 5.74) is 0.673. The zero-order valence-electron chi connectivity index (χ0n) is 10.1. The quantitative estimate of drug-likeness (QED) is 0.636. The smallest absolute Gasteiger partial charge is 0.346 e. The second kappa shape index (κ2) is 6.44. The van der Waals surface area contributed by atoms with Gasteiger partial charge < -0.3 is 14.6 Å². The van der Waals surface area contributed by atoms with E-state index in [0.29, 0.717) is 11.3 Å². The first-order valence-corrected chi connectivity index (χ1v) is 5.28. The van der Waals surface area contributed by atoms with Gasteiger partial charge in [-0.1, -0.05) is 12.1 Å². The van der Waals surface area contributed by atoms with Gasteiger partial charge in [-0.05, 0) is 30.7 Å². The number of aliphatic carboxylic acids is 1. The Morgan fingerprint density at radius 3 is 2.72 bits per heavy atom. The van der Waals surface area contributed by atoms with E-state index >= 15 is 0 Å². The molecule has 0 fully saturated rings. The highest BCUT2D eigenvalue weighted by Crippen LogP contribution is 2.16. The molecule has 0 aromatic heterocycles. The van der Waals surface area contributed by atoms with Crippen LogP contribution < -0.4 is 4.74 Å². The molecule has 5 nitrogen and oxygen atoms in total. The van der Waals surface area contributed by atoms with E-state index in [2.05, 4.69) is 4.74 Å². The Balaban J connectivity index is 2.76. The number of carbonyl (C=O) groups is 2. The molecule has 0 aliphatic carbocycles. The summed E-state index contributed by atoms with van der Waals surface area (Å²) in [7, 11) is 1.29. The third kappa shape index (κ3) is 4.29. The summed E-state index contributed by atoms with van der Waals surface area (Å²) in [5, 5.41) is 8.51. The first kappa shape index (κ1) is 13.8. The first-order valence-electron chi connectivity index (χ1n) is 5.28. The van der Waals surface area contributed by atoms with Crippen LogP contribution in [0.5, 0.6) is 5.75 Å². The largest absolute Gasteiger partial charge is 0.479 e. The van der Waals surface area contributed by atoms with Crippen molar-refractivity contribution in [1.82, 2.24) is 0 Å². The van der Waals surface area contributed by atoms with Crippen LogP contribution in [0.25, 0.3) is 6.08 Å². The molecule has 18 heavy (non-hydrogen) atoms. The van der Waals surface area contributed by atoms with Crippen LogP contribution in [0.15, 0.2) is 30.3 Å². The van der Waals surface area contributed by atoms with E-state index in [1.165, 1.54) is 13.2 Å². The summed E-state index contributed by atoms with van der Waals surface area (Å²) in [6.07, 6.45) is 1.76. The second-order valence-corrected chi connectivity index (χ2v) is 3.53. The Morgan fingerprint density at radius 2 is 2.11 bits per heavy atom. The SMILES string of the molecule is COC(=O)C(C)Oc1cccc(/C=C/C(=O)O)c1. The van der Waals surface area contributed by atoms with Crippen molar-refractivity contribution in [2.75, 3.05) is 7.11 Å². The van der Waals surface area contributed by atoms with Gasteiger partial charge in [0.1, 0.15) is 5.75 Å². The van der Waals surface area contributed by atoms with Crippen molar-refractivity contribution in [3.8, 4) is 5.75 Å². The molecule has 0 radical (unpaired) electrons. The molecule has 0 bridgehead atoms. The third-order valence-corrected chi connectivity index (χ3v) is 2.12. The third-order valence-electron chi connectivity index (χ3n) is 2.12. The Labute approximate surface area is 105 Å². The lowest BCUT2D eigenvalue weighted by Crippen LogP contribution is -2.24. The Hall–Kier alpha value is -2.30. The fraction of sp³-hybridized carbons (Fsp3) is 0.231. The van der Waals surface area contributed by atoms with E-state index in [1.807, 2.05) is 0 Å². The summed E-state index contributed by atoms with van der Waals surface area (Å²) in [4.78, 5) is 21.6. The van der Waals surface area contributed by atoms with Crippen LogP contribution in [0.3, 0.4) is 0 Å². The van der Waals surface area contributed by atoms with Crippen LogP contribution in [0, 0.1) is 0 Å². The number of carboxylic acid groups (broad SMARTS) is 1. The lowest BCUT2D eigenvalue weighted by molar-refractivity contribution is -0.147. The molecule has 0 saturated carbocycles. The van der Waals surface area contributed by atoms with Gasteiger partial charge in [0.2, 0.25) is 0 Å². The fourth-order valence-corrected chi connectivity index (χ4v) is 1.28. The maximum atomic E-state index is 11.2. The summed E-state index contributed by atoms with van der Waals surface area (Å²) < 4.78 is 9.90. The molecule has 1 aromatic rings. The molecule has 96 valence electrons. The van der Waals surface area contributed by atoms with Gasteiger partial charge in [-0.3, -0.25) is 0 Å². The van der Waals surface area contributed by atoms with E-state index in [9.17, 15) is 9.59 Å². The summed E-state index contributed by atoms with van der Waals surface area (Å²) in [5.74, 6) is -1.02. The minimum absolute atomic E-state index is 0.471. The minimum Gasteiger partial charge on any atom is -0.479 e. The highest BCUT2D eigenvalue weighted by molar-refractivity contribution is 5.85. The van der Waals surface area contributed by atoms with Crippen LogP contribution in [-0.2, 0) is 14.3 Å². The average Bonchev–Trinajstić information content (AvgIpc) is 2.35. The van der Waals surface area contributed by atoms with Gasteiger partial charge in [-0.25, -0.2) is 9.59 Å². The van der Waals surface area contributed by atoms with Gasteiger partial charge in [0.15, 0.2) is 6.10 Å². The molecular weight excluding hydrogens is 236 g/mol. The molecule has 5 heteroatoms. The molecule has 1 rings (SSSR count). The molecule has 1 N–H and O–H groups in total. The van der Waals surface area contributed by atoms with Crippen molar-refractivity contribution < 1.29 is 24.2 Å². The number of ether oxygens (including phenoxy) is 2. The van der Waals surface area contributed by atoms with E-state index < -0.39 is 18.0 Å². The molecule has 1 aromatic carbocycles. The van der Waals surface area contributed by atoms with Crippen LogP contribution in [0.4, 0.5) is 0 Å². The van der Waals surface area contributed by atoms with Gasteiger partial charge in [-0.15, -0.1) is 0 Å².